The molecule has 1 saturated carbocycles. The second kappa shape index (κ2) is 8.60. The molecule has 0 aromatic carbocycles. The largest absolute Gasteiger partial charge is 0.381 e. The fourth-order valence-electron chi connectivity index (χ4n) is 2.80. The van der Waals surface area contributed by atoms with Gasteiger partial charge >= 0.3 is 0 Å². The minimum atomic E-state index is 0.432. The number of ether oxygens (including phenoxy) is 1. The average Bonchev–Trinajstić information content (AvgIpc) is 2.77. The zero-order valence-corrected chi connectivity index (χ0v) is 12.6. The third-order valence-corrected chi connectivity index (χ3v) is 4.03. The average molecular weight is 288 g/mol. The molecule has 1 aromatic rings. The van der Waals surface area contributed by atoms with Crippen LogP contribution in [0.2, 0.25) is 0 Å². The maximum atomic E-state index is 9.00. The summed E-state index contributed by atoms with van der Waals surface area (Å²) in [5, 5.41) is 15.8. The van der Waals surface area contributed by atoms with E-state index in [4.69, 9.17) is 10.00 Å². The number of aromatic nitrogens is 1. The molecule has 2 unspecified atom stereocenters. The van der Waals surface area contributed by atoms with Crippen LogP contribution in [0.3, 0.4) is 0 Å². The minimum Gasteiger partial charge on any atom is -0.381 e. The lowest BCUT2D eigenvalue weighted by Gasteiger charge is -2.17. The number of anilines is 1. The van der Waals surface area contributed by atoms with E-state index >= 15 is 0 Å². The molecule has 2 rings (SSSR count). The molecular weight excluding hydrogens is 264 g/mol. The quantitative estimate of drug-likeness (QED) is 0.621. The van der Waals surface area contributed by atoms with Gasteiger partial charge in [0.15, 0.2) is 0 Å². The lowest BCUT2D eigenvalue weighted by Crippen LogP contribution is -2.33. The maximum Gasteiger partial charge on any atom is 0.143 e. The van der Waals surface area contributed by atoms with Gasteiger partial charge in [-0.2, -0.15) is 5.26 Å². The van der Waals surface area contributed by atoms with Gasteiger partial charge in [-0.15, -0.1) is 0 Å². The molecule has 0 radical (unpaired) electrons. The Morgan fingerprint density at radius 3 is 3.05 bits per heavy atom. The van der Waals surface area contributed by atoms with Gasteiger partial charge < -0.3 is 15.4 Å². The van der Waals surface area contributed by atoms with E-state index in [2.05, 4.69) is 21.7 Å². The SMILES string of the molecule is COC1CCCC(NCCNc2ncccc2C#N)CC1. The molecule has 21 heavy (non-hydrogen) atoms. The van der Waals surface area contributed by atoms with E-state index in [0.29, 0.717) is 23.5 Å². The van der Waals surface area contributed by atoms with Crippen molar-refractivity contribution in [1.82, 2.24) is 10.3 Å². The highest BCUT2D eigenvalue weighted by Crippen LogP contribution is 2.19. The van der Waals surface area contributed by atoms with Crippen LogP contribution in [0.15, 0.2) is 18.3 Å². The Labute approximate surface area is 126 Å². The molecule has 0 spiro atoms. The molecule has 1 fully saturated rings. The molecule has 5 heteroatoms. The van der Waals surface area contributed by atoms with Crippen LogP contribution in [0.4, 0.5) is 5.82 Å². The first-order chi connectivity index (χ1) is 10.3. The van der Waals surface area contributed by atoms with E-state index in [-0.39, 0.29) is 0 Å². The van der Waals surface area contributed by atoms with E-state index in [1.54, 1.807) is 18.3 Å². The molecule has 1 aromatic heterocycles. The fourth-order valence-corrected chi connectivity index (χ4v) is 2.80. The van der Waals surface area contributed by atoms with Gasteiger partial charge in [0, 0.05) is 32.4 Å². The van der Waals surface area contributed by atoms with E-state index < -0.39 is 0 Å². The van der Waals surface area contributed by atoms with Crippen molar-refractivity contribution in [3.63, 3.8) is 0 Å². The summed E-state index contributed by atoms with van der Waals surface area (Å²) < 4.78 is 5.45. The predicted molar refractivity (Wildman–Crippen MR) is 83.1 cm³/mol. The number of nitrogens with one attached hydrogen (secondary N) is 2. The maximum absolute atomic E-state index is 9.00. The van der Waals surface area contributed by atoms with Gasteiger partial charge in [-0.05, 0) is 44.2 Å². The Morgan fingerprint density at radius 1 is 1.33 bits per heavy atom. The molecule has 0 saturated heterocycles. The molecule has 2 N–H and O–H groups in total. The molecule has 1 aliphatic carbocycles. The van der Waals surface area contributed by atoms with Crippen LogP contribution < -0.4 is 10.6 Å². The smallest absolute Gasteiger partial charge is 0.143 e. The first-order valence-corrected chi connectivity index (χ1v) is 7.68. The molecule has 114 valence electrons. The zero-order chi connectivity index (χ0) is 14.9. The van der Waals surface area contributed by atoms with Crippen LogP contribution >= 0.6 is 0 Å². The van der Waals surface area contributed by atoms with Crippen molar-refractivity contribution < 1.29 is 4.74 Å². The highest BCUT2D eigenvalue weighted by atomic mass is 16.5. The van der Waals surface area contributed by atoms with Gasteiger partial charge in [-0.25, -0.2) is 4.98 Å². The van der Waals surface area contributed by atoms with Crippen molar-refractivity contribution in [1.29, 1.82) is 5.26 Å². The summed E-state index contributed by atoms with van der Waals surface area (Å²) in [6.07, 6.45) is 8.06. The second-order valence-electron chi connectivity index (χ2n) is 5.46. The number of hydrogen-bond donors (Lipinski definition) is 2. The highest BCUT2D eigenvalue weighted by Gasteiger charge is 2.17. The molecule has 5 nitrogen and oxygen atoms in total. The van der Waals surface area contributed by atoms with Crippen LogP contribution in [0.25, 0.3) is 0 Å². The molecule has 2 atom stereocenters. The van der Waals surface area contributed by atoms with E-state index in [1.807, 2.05) is 7.11 Å². The van der Waals surface area contributed by atoms with Gasteiger partial charge in [-0.3, -0.25) is 0 Å². The Balaban J connectivity index is 1.69. The first-order valence-electron chi connectivity index (χ1n) is 7.68. The monoisotopic (exact) mass is 288 g/mol. The summed E-state index contributed by atoms with van der Waals surface area (Å²) in [5.41, 5.74) is 0.593. The molecule has 0 amide bonds. The van der Waals surface area contributed by atoms with E-state index in [9.17, 15) is 0 Å². The molecule has 1 heterocycles. The van der Waals surface area contributed by atoms with Crippen LogP contribution in [-0.4, -0.2) is 37.3 Å². The Hall–Kier alpha value is -1.64. The number of nitrogens with zero attached hydrogens (tertiary/aromatic N) is 2. The van der Waals surface area contributed by atoms with Crippen molar-refractivity contribution in [2.75, 3.05) is 25.5 Å². The Kier molecular flexibility index (Phi) is 6.45. The summed E-state index contributed by atoms with van der Waals surface area (Å²) in [4.78, 5) is 4.19. The normalized spacial score (nSPS) is 22.3. The molecular formula is C16H24N4O. The number of hydrogen-bond acceptors (Lipinski definition) is 5. The summed E-state index contributed by atoms with van der Waals surface area (Å²) in [6, 6.07) is 6.28. The number of nitriles is 1. The van der Waals surface area contributed by atoms with Crippen molar-refractivity contribution >= 4 is 5.82 Å². The summed E-state index contributed by atoms with van der Waals surface area (Å²) in [6.45, 7) is 1.65. The summed E-state index contributed by atoms with van der Waals surface area (Å²) >= 11 is 0. The van der Waals surface area contributed by atoms with Gasteiger partial charge in [0.2, 0.25) is 0 Å². The van der Waals surface area contributed by atoms with Gasteiger partial charge in [0.1, 0.15) is 11.9 Å². The second-order valence-corrected chi connectivity index (χ2v) is 5.46. The Bertz CT molecular complexity index is 472. The fraction of sp³-hybridized carbons (Fsp3) is 0.625. The third-order valence-electron chi connectivity index (χ3n) is 4.03. The minimum absolute atomic E-state index is 0.432. The van der Waals surface area contributed by atoms with E-state index in [1.165, 1.54) is 25.7 Å². The molecule has 0 aliphatic heterocycles. The van der Waals surface area contributed by atoms with Crippen molar-refractivity contribution in [2.45, 2.75) is 44.2 Å². The van der Waals surface area contributed by atoms with Crippen LogP contribution in [-0.2, 0) is 4.74 Å². The third kappa shape index (κ3) is 5.00. The van der Waals surface area contributed by atoms with Crippen LogP contribution in [0.1, 0.15) is 37.7 Å². The highest BCUT2D eigenvalue weighted by molar-refractivity contribution is 5.51. The number of rotatable bonds is 6. The van der Waals surface area contributed by atoms with E-state index in [0.717, 1.165) is 19.5 Å². The van der Waals surface area contributed by atoms with Gasteiger partial charge in [0.25, 0.3) is 0 Å². The predicted octanol–water partition coefficient (Wildman–Crippen LogP) is 2.30. The van der Waals surface area contributed by atoms with Gasteiger partial charge in [0.05, 0.1) is 11.7 Å². The Morgan fingerprint density at radius 2 is 2.24 bits per heavy atom. The number of pyridine rings is 1. The standard InChI is InChI=1S/C16H24N4O/c1-21-15-6-2-5-14(7-8-15)18-10-11-20-16-13(12-17)4-3-9-19-16/h3-4,9,14-15,18H,2,5-8,10-11H2,1H3,(H,19,20). The zero-order valence-electron chi connectivity index (χ0n) is 12.6. The molecule has 1 aliphatic rings. The van der Waals surface area contributed by atoms with Crippen molar-refractivity contribution in [3.8, 4) is 6.07 Å². The van der Waals surface area contributed by atoms with Crippen molar-refractivity contribution in [2.24, 2.45) is 0 Å². The summed E-state index contributed by atoms with van der Waals surface area (Å²) in [5.74, 6) is 0.669. The molecule has 0 bridgehead atoms. The number of methoxy groups -OCH3 is 1. The lowest BCUT2D eigenvalue weighted by atomic mass is 10.1. The van der Waals surface area contributed by atoms with Crippen LogP contribution in [0, 0.1) is 11.3 Å². The van der Waals surface area contributed by atoms with Crippen LogP contribution in [0.5, 0.6) is 0 Å². The van der Waals surface area contributed by atoms with Gasteiger partial charge in [-0.1, -0.05) is 0 Å². The summed E-state index contributed by atoms with van der Waals surface area (Å²) in [7, 11) is 1.81. The van der Waals surface area contributed by atoms with Crippen molar-refractivity contribution in [3.05, 3.63) is 23.9 Å². The first kappa shape index (κ1) is 15.7. The topological polar surface area (TPSA) is 70.0 Å². The lowest BCUT2D eigenvalue weighted by molar-refractivity contribution is 0.0895.